The molecule has 2 rings (SSSR count). The van der Waals surface area contributed by atoms with Gasteiger partial charge in [-0.3, -0.25) is 0 Å². The highest BCUT2D eigenvalue weighted by Crippen LogP contribution is 2.34. The molecule has 5 heteroatoms. The van der Waals surface area contributed by atoms with Gasteiger partial charge in [-0.1, -0.05) is 13.0 Å². The fourth-order valence-corrected chi connectivity index (χ4v) is 3.88. The molecule has 1 aromatic carbocycles. The first-order chi connectivity index (χ1) is 9.52. The van der Waals surface area contributed by atoms with E-state index in [2.05, 4.69) is 28.2 Å². The van der Waals surface area contributed by atoms with Gasteiger partial charge in [-0.15, -0.1) is 11.3 Å². The number of nitrogens with one attached hydrogen (secondary N) is 1. The largest absolute Gasteiger partial charge is 0.306 e. The Labute approximate surface area is 130 Å². The summed E-state index contributed by atoms with van der Waals surface area (Å²) in [5.41, 5.74) is 1.84. The molecule has 1 nitrogen and oxygen atoms in total. The molecule has 2 aromatic rings. The minimum absolute atomic E-state index is 0.118. The van der Waals surface area contributed by atoms with Gasteiger partial charge in [-0.2, -0.15) is 0 Å². The number of hydrogen-bond acceptors (Lipinski definition) is 2. The molecular formula is C15H16BrF2NS. The maximum atomic E-state index is 13.5. The highest BCUT2D eigenvalue weighted by Gasteiger charge is 2.19. The lowest BCUT2D eigenvalue weighted by atomic mass is 9.99. The summed E-state index contributed by atoms with van der Waals surface area (Å²) in [7, 11) is 0. The van der Waals surface area contributed by atoms with Crippen molar-refractivity contribution in [3.63, 3.8) is 0 Å². The molecule has 1 unspecified atom stereocenters. The molecule has 0 radical (unpaired) electrons. The number of benzene rings is 1. The highest BCUT2D eigenvalue weighted by molar-refractivity contribution is 9.11. The van der Waals surface area contributed by atoms with Gasteiger partial charge >= 0.3 is 0 Å². The fourth-order valence-electron chi connectivity index (χ4n) is 2.13. The highest BCUT2D eigenvalue weighted by atomic mass is 79.9. The van der Waals surface area contributed by atoms with Crippen LogP contribution in [0.2, 0.25) is 0 Å². The molecule has 1 atom stereocenters. The van der Waals surface area contributed by atoms with Gasteiger partial charge in [0.15, 0.2) is 11.6 Å². The first-order valence-corrected chi connectivity index (χ1v) is 8.08. The van der Waals surface area contributed by atoms with Gasteiger partial charge in [-0.25, -0.2) is 8.78 Å². The molecule has 1 N–H and O–H groups in total. The minimum atomic E-state index is -0.814. The molecule has 1 aromatic heterocycles. The van der Waals surface area contributed by atoms with E-state index >= 15 is 0 Å². The van der Waals surface area contributed by atoms with Crippen molar-refractivity contribution in [2.75, 3.05) is 6.54 Å². The molecule has 0 saturated heterocycles. The topological polar surface area (TPSA) is 12.0 Å². The normalized spacial score (nSPS) is 12.7. The summed E-state index contributed by atoms with van der Waals surface area (Å²) in [4.78, 5) is 1.16. The van der Waals surface area contributed by atoms with Crippen molar-refractivity contribution < 1.29 is 8.78 Å². The van der Waals surface area contributed by atoms with Gasteiger partial charge < -0.3 is 5.32 Å². The second-order valence-electron chi connectivity index (χ2n) is 4.62. The van der Waals surface area contributed by atoms with E-state index < -0.39 is 11.6 Å². The van der Waals surface area contributed by atoms with Crippen LogP contribution in [0.5, 0.6) is 0 Å². The van der Waals surface area contributed by atoms with Crippen LogP contribution in [0.4, 0.5) is 8.78 Å². The zero-order valence-electron chi connectivity index (χ0n) is 11.3. The zero-order valence-corrected chi connectivity index (χ0v) is 13.7. The van der Waals surface area contributed by atoms with Crippen molar-refractivity contribution >= 4 is 27.3 Å². The third-order valence-corrected chi connectivity index (χ3v) is 4.68. The molecule has 20 heavy (non-hydrogen) atoms. The minimum Gasteiger partial charge on any atom is -0.306 e. The monoisotopic (exact) mass is 359 g/mol. The summed E-state index contributed by atoms with van der Waals surface area (Å²) < 4.78 is 27.6. The molecule has 0 aliphatic heterocycles. The predicted molar refractivity (Wildman–Crippen MR) is 83.3 cm³/mol. The van der Waals surface area contributed by atoms with Gasteiger partial charge in [0, 0.05) is 4.88 Å². The van der Waals surface area contributed by atoms with Crippen molar-refractivity contribution in [3.05, 3.63) is 55.7 Å². The second kappa shape index (κ2) is 6.78. The third kappa shape index (κ3) is 3.45. The van der Waals surface area contributed by atoms with Crippen molar-refractivity contribution in [1.82, 2.24) is 5.32 Å². The Balaban J connectivity index is 2.41. The fraction of sp³-hybridized carbons (Fsp3) is 0.333. The van der Waals surface area contributed by atoms with E-state index in [0.29, 0.717) is 0 Å². The van der Waals surface area contributed by atoms with Crippen molar-refractivity contribution in [2.24, 2.45) is 0 Å². The maximum Gasteiger partial charge on any atom is 0.159 e. The molecule has 0 fully saturated rings. The SMILES string of the molecule is CCCNC(c1ccc(F)c(F)c1)c1cc(Br)sc1C. The lowest BCUT2D eigenvalue weighted by Crippen LogP contribution is -2.23. The van der Waals surface area contributed by atoms with E-state index in [1.165, 1.54) is 12.1 Å². The lowest BCUT2D eigenvalue weighted by Gasteiger charge is -2.19. The van der Waals surface area contributed by atoms with Crippen LogP contribution >= 0.6 is 27.3 Å². The van der Waals surface area contributed by atoms with Crippen molar-refractivity contribution in [3.8, 4) is 0 Å². The summed E-state index contributed by atoms with van der Waals surface area (Å²) in [6.07, 6.45) is 0.977. The van der Waals surface area contributed by atoms with E-state index in [1.807, 2.05) is 13.0 Å². The number of aryl methyl sites for hydroxylation is 1. The first kappa shape index (κ1) is 15.6. The van der Waals surface area contributed by atoms with Crippen molar-refractivity contribution in [2.45, 2.75) is 26.3 Å². The lowest BCUT2D eigenvalue weighted by molar-refractivity contribution is 0.503. The molecule has 0 amide bonds. The summed E-state index contributed by atoms with van der Waals surface area (Å²) in [5.74, 6) is -1.62. The van der Waals surface area contributed by atoms with Crippen LogP contribution in [0, 0.1) is 18.6 Å². The van der Waals surface area contributed by atoms with Gasteiger partial charge in [0.1, 0.15) is 0 Å². The van der Waals surface area contributed by atoms with Crippen molar-refractivity contribution in [1.29, 1.82) is 0 Å². The Bertz CT molecular complexity index is 598. The van der Waals surface area contributed by atoms with Crippen LogP contribution in [0.15, 0.2) is 28.1 Å². The number of halogens is 3. The van der Waals surface area contributed by atoms with Gasteiger partial charge in [0.25, 0.3) is 0 Å². The smallest absolute Gasteiger partial charge is 0.159 e. The number of thiophene rings is 1. The average molecular weight is 360 g/mol. The Kier molecular flexibility index (Phi) is 5.29. The first-order valence-electron chi connectivity index (χ1n) is 6.47. The second-order valence-corrected chi connectivity index (χ2v) is 7.26. The van der Waals surface area contributed by atoms with Crippen LogP contribution in [-0.2, 0) is 0 Å². The summed E-state index contributed by atoms with van der Waals surface area (Å²) >= 11 is 5.12. The summed E-state index contributed by atoms with van der Waals surface area (Å²) in [6, 6.07) is 6.01. The van der Waals surface area contributed by atoms with Crippen LogP contribution in [0.25, 0.3) is 0 Å². The third-order valence-electron chi connectivity index (χ3n) is 3.11. The molecular weight excluding hydrogens is 344 g/mol. The quantitative estimate of drug-likeness (QED) is 0.774. The number of hydrogen-bond donors (Lipinski definition) is 1. The predicted octanol–water partition coefficient (Wildman–Crippen LogP) is 5.19. The Hall–Kier alpha value is -0.780. The molecule has 0 spiro atoms. The Morgan fingerprint density at radius 3 is 2.55 bits per heavy atom. The van der Waals surface area contributed by atoms with Gasteiger partial charge in [-0.05, 0) is 65.1 Å². The van der Waals surface area contributed by atoms with E-state index in [-0.39, 0.29) is 6.04 Å². The molecule has 0 aliphatic rings. The number of rotatable bonds is 5. The Morgan fingerprint density at radius 1 is 1.25 bits per heavy atom. The van der Waals surface area contributed by atoms with E-state index in [9.17, 15) is 8.78 Å². The molecule has 108 valence electrons. The average Bonchev–Trinajstić information content (AvgIpc) is 2.73. The van der Waals surface area contributed by atoms with Crippen LogP contribution in [0.1, 0.15) is 35.4 Å². The Morgan fingerprint density at radius 2 is 2.00 bits per heavy atom. The van der Waals surface area contributed by atoms with Crippen LogP contribution in [0.3, 0.4) is 0 Å². The summed E-state index contributed by atoms with van der Waals surface area (Å²) in [6.45, 7) is 4.92. The van der Waals surface area contributed by atoms with Crippen LogP contribution in [-0.4, -0.2) is 6.54 Å². The van der Waals surface area contributed by atoms with Gasteiger partial charge in [0.2, 0.25) is 0 Å². The standard InChI is InChI=1S/C15H16BrF2NS/c1-3-6-19-15(11-8-14(16)20-9(11)2)10-4-5-12(17)13(18)7-10/h4-5,7-8,15,19H,3,6H2,1-2H3. The molecule has 0 bridgehead atoms. The maximum absolute atomic E-state index is 13.5. The molecule has 1 heterocycles. The zero-order chi connectivity index (χ0) is 14.7. The summed E-state index contributed by atoms with van der Waals surface area (Å²) in [5, 5.41) is 3.40. The van der Waals surface area contributed by atoms with E-state index in [1.54, 1.807) is 17.4 Å². The van der Waals surface area contributed by atoms with Crippen LogP contribution < -0.4 is 5.32 Å². The molecule has 0 saturated carbocycles. The molecule has 0 aliphatic carbocycles. The van der Waals surface area contributed by atoms with Gasteiger partial charge in [0.05, 0.1) is 9.83 Å². The van der Waals surface area contributed by atoms with E-state index in [0.717, 1.165) is 32.8 Å². The van der Waals surface area contributed by atoms with E-state index in [4.69, 9.17) is 0 Å².